The fourth-order valence-corrected chi connectivity index (χ4v) is 5.41. The standard InChI is InChI=1S/C16H24ClNO3S2/c1-5-10-16(19,11-6-2)15(12(4)7-3)18-23(20,21)14-9-8-13(17)22-14/h5-6,8-9,12,15,18-19H,1-2,7,10-11H2,3-4H3. The molecule has 2 N–H and O–H groups in total. The van der Waals surface area contributed by atoms with E-state index in [1.54, 1.807) is 18.2 Å². The highest BCUT2D eigenvalue weighted by Crippen LogP contribution is 2.31. The average molecular weight is 378 g/mol. The summed E-state index contributed by atoms with van der Waals surface area (Å²) in [6.45, 7) is 11.2. The molecule has 0 aromatic carbocycles. The van der Waals surface area contributed by atoms with Crippen LogP contribution in [0.4, 0.5) is 0 Å². The highest BCUT2D eigenvalue weighted by atomic mass is 35.5. The summed E-state index contributed by atoms with van der Waals surface area (Å²) in [5.74, 6) is -0.0647. The van der Waals surface area contributed by atoms with E-state index in [1.165, 1.54) is 6.07 Å². The Morgan fingerprint density at radius 2 is 1.96 bits per heavy atom. The second kappa shape index (κ2) is 8.44. The van der Waals surface area contributed by atoms with Gasteiger partial charge in [0.25, 0.3) is 0 Å². The van der Waals surface area contributed by atoms with E-state index in [-0.39, 0.29) is 23.0 Å². The van der Waals surface area contributed by atoms with Crippen LogP contribution < -0.4 is 4.72 Å². The van der Waals surface area contributed by atoms with Crippen LogP contribution in [0.3, 0.4) is 0 Å². The maximum Gasteiger partial charge on any atom is 0.250 e. The SMILES string of the molecule is C=CCC(O)(CC=C)C(NS(=O)(=O)c1ccc(Cl)s1)C(C)CC. The third kappa shape index (κ3) is 5.16. The molecular weight excluding hydrogens is 354 g/mol. The first-order valence-electron chi connectivity index (χ1n) is 7.42. The van der Waals surface area contributed by atoms with E-state index < -0.39 is 21.7 Å². The summed E-state index contributed by atoms with van der Waals surface area (Å²) in [6, 6.07) is 2.34. The van der Waals surface area contributed by atoms with E-state index in [1.807, 2.05) is 13.8 Å². The smallest absolute Gasteiger partial charge is 0.250 e. The Balaban J connectivity index is 3.21. The van der Waals surface area contributed by atoms with Crippen LogP contribution in [0.5, 0.6) is 0 Å². The highest BCUT2D eigenvalue weighted by Gasteiger charge is 2.40. The summed E-state index contributed by atoms with van der Waals surface area (Å²) >= 11 is 6.82. The molecule has 1 aromatic heterocycles. The summed E-state index contributed by atoms with van der Waals surface area (Å²) in [6.07, 6.45) is 4.43. The van der Waals surface area contributed by atoms with E-state index in [9.17, 15) is 13.5 Å². The van der Waals surface area contributed by atoms with Gasteiger partial charge in [0, 0.05) is 0 Å². The van der Waals surface area contributed by atoms with Crippen LogP contribution in [0.25, 0.3) is 0 Å². The second-order valence-corrected chi connectivity index (χ2v) is 9.29. The topological polar surface area (TPSA) is 66.4 Å². The normalized spacial score (nSPS) is 15.1. The Morgan fingerprint density at radius 3 is 2.35 bits per heavy atom. The molecule has 2 unspecified atom stereocenters. The lowest BCUT2D eigenvalue weighted by molar-refractivity contribution is -0.00401. The number of sulfonamides is 1. The molecule has 130 valence electrons. The van der Waals surface area contributed by atoms with Crippen molar-refractivity contribution >= 4 is 33.0 Å². The molecule has 0 saturated carbocycles. The Labute approximate surface area is 147 Å². The van der Waals surface area contributed by atoms with Crippen LogP contribution in [0.1, 0.15) is 33.1 Å². The average Bonchev–Trinajstić information content (AvgIpc) is 2.92. The molecule has 0 fully saturated rings. The van der Waals surface area contributed by atoms with Crippen molar-refractivity contribution in [3.63, 3.8) is 0 Å². The second-order valence-electron chi connectivity index (χ2n) is 5.63. The number of halogens is 1. The third-order valence-corrected chi connectivity index (χ3v) is 7.05. The molecule has 4 nitrogen and oxygen atoms in total. The minimum absolute atomic E-state index is 0.0647. The van der Waals surface area contributed by atoms with Crippen molar-refractivity contribution in [1.82, 2.24) is 4.72 Å². The van der Waals surface area contributed by atoms with Gasteiger partial charge in [0.2, 0.25) is 10.0 Å². The maximum atomic E-state index is 12.6. The molecule has 0 aliphatic heterocycles. The molecule has 23 heavy (non-hydrogen) atoms. The van der Waals surface area contributed by atoms with Gasteiger partial charge in [-0.1, -0.05) is 44.0 Å². The van der Waals surface area contributed by atoms with E-state index >= 15 is 0 Å². The summed E-state index contributed by atoms with van der Waals surface area (Å²) in [5, 5.41) is 11.0. The zero-order valence-corrected chi connectivity index (χ0v) is 15.8. The molecule has 0 bridgehead atoms. The lowest BCUT2D eigenvalue weighted by atomic mass is 9.80. The summed E-state index contributed by atoms with van der Waals surface area (Å²) < 4.78 is 28.4. The van der Waals surface area contributed by atoms with Crippen LogP contribution >= 0.6 is 22.9 Å². The van der Waals surface area contributed by atoms with Crippen molar-refractivity contribution in [2.24, 2.45) is 5.92 Å². The predicted molar refractivity (Wildman–Crippen MR) is 97.5 cm³/mol. The number of nitrogens with one attached hydrogen (secondary N) is 1. The summed E-state index contributed by atoms with van der Waals surface area (Å²) in [5.41, 5.74) is -1.27. The van der Waals surface area contributed by atoms with Gasteiger partial charge in [0.1, 0.15) is 4.21 Å². The Bertz CT molecular complexity index is 630. The number of thiophene rings is 1. The van der Waals surface area contributed by atoms with E-state index in [2.05, 4.69) is 17.9 Å². The Morgan fingerprint density at radius 1 is 1.39 bits per heavy atom. The lowest BCUT2D eigenvalue weighted by Gasteiger charge is -2.38. The molecular formula is C16H24ClNO3S2. The monoisotopic (exact) mass is 377 g/mol. The summed E-state index contributed by atoms with van der Waals surface area (Å²) in [7, 11) is -3.76. The van der Waals surface area contributed by atoms with Crippen molar-refractivity contribution in [3.05, 3.63) is 41.8 Å². The fraction of sp³-hybridized carbons (Fsp3) is 0.500. The molecule has 0 spiro atoms. The van der Waals surface area contributed by atoms with Crippen LogP contribution in [-0.2, 0) is 10.0 Å². The van der Waals surface area contributed by atoms with Gasteiger partial charge < -0.3 is 5.11 Å². The molecule has 0 amide bonds. The van der Waals surface area contributed by atoms with Gasteiger partial charge in [-0.25, -0.2) is 13.1 Å². The molecule has 7 heteroatoms. The molecule has 1 rings (SSSR count). The molecule has 0 radical (unpaired) electrons. The number of aliphatic hydroxyl groups is 1. The highest BCUT2D eigenvalue weighted by molar-refractivity contribution is 7.91. The first kappa shape index (κ1) is 20.4. The van der Waals surface area contributed by atoms with Gasteiger partial charge in [-0.05, 0) is 30.9 Å². The van der Waals surface area contributed by atoms with E-state index in [0.29, 0.717) is 4.34 Å². The third-order valence-electron chi connectivity index (χ3n) is 3.88. The summed E-state index contributed by atoms with van der Waals surface area (Å²) in [4.78, 5) is 0. The molecule has 0 saturated heterocycles. The van der Waals surface area contributed by atoms with Gasteiger partial charge in [0.05, 0.1) is 16.0 Å². The van der Waals surface area contributed by atoms with E-state index in [0.717, 1.165) is 17.8 Å². The Kier molecular flexibility index (Phi) is 7.48. The lowest BCUT2D eigenvalue weighted by Crippen LogP contribution is -2.55. The molecule has 0 aliphatic rings. The minimum Gasteiger partial charge on any atom is -0.388 e. The van der Waals surface area contributed by atoms with Crippen molar-refractivity contribution in [3.8, 4) is 0 Å². The van der Waals surface area contributed by atoms with Crippen LogP contribution in [-0.4, -0.2) is 25.2 Å². The van der Waals surface area contributed by atoms with Crippen molar-refractivity contribution in [2.45, 2.75) is 49.0 Å². The van der Waals surface area contributed by atoms with Gasteiger partial charge in [-0.15, -0.1) is 24.5 Å². The molecule has 1 heterocycles. The van der Waals surface area contributed by atoms with Crippen LogP contribution in [0.15, 0.2) is 41.7 Å². The number of hydrogen-bond acceptors (Lipinski definition) is 4. The first-order chi connectivity index (χ1) is 10.7. The number of rotatable bonds is 10. The van der Waals surface area contributed by atoms with E-state index in [4.69, 9.17) is 11.6 Å². The van der Waals surface area contributed by atoms with Gasteiger partial charge in [-0.2, -0.15) is 0 Å². The van der Waals surface area contributed by atoms with Gasteiger partial charge in [0.15, 0.2) is 0 Å². The van der Waals surface area contributed by atoms with Crippen molar-refractivity contribution in [2.75, 3.05) is 0 Å². The zero-order valence-electron chi connectivity index (χ0n) is 13.5. The molecule has 2 atom stereocenters. The zero-order chi connectivity index (χ0) is 17.7. The van der Waals surface area contributed by atoms with Crippen LogP contribution in [0, 0.1) is 5.92 Å². The Hall–Kier alpha value is -0.660. The minimum atomic E-state index is -3.76. The van der Waals surface area contributed by atoms with Gasteiger partial charge in [-0.3, -0.25) is 0 Å². The maximum absolute atomic E-state index is 12.6. The quantitative estimate of drug-likeness (QED) is 0.606. The fourth-order valence-electron chi connectivity index (χ4n) is 2.50. The van der Waals surface area contributed by atoms with Gasteiger partial charge >= 0.3 is 0 Å². The van der Waals surface area contributed by atoms with Crippen molar-refractivity contribution in [1.29, 1.82) is 0 Å². The van der Waals surface area contributed by atoms with Crippen LogP contribution in [0.2, 0.25) is 4.34 Å². The number of hydrogen-bond donors (Lipinski definition) is 2. The molecule has 0 aliphatic carbocycles. The predicted octanol–water partition coefficient (Wildman–Crippen LogP) is 3.98. The largest absolute Gasteiger partial charge is 0.388 e. The first-order valence-corrected chi connectivity index (χ1v) is 10.1. The van der Waals surface area contributed by atoms with Crippen molar-refractivity contribution < 1.29 is 13.5 Å². The molecule has 1 aromatic rings.